The van der Waals surface area contributed by atoms with Crippen LogP contribution in [0.25, 0.3) is 16.8 Å². The number of aliphatic hydroxyl groups is 1. The number of nitrogens with zero attached hydrogens (tertiary/aromatic N) is 8. The molecule has 0 spiro atoms. The number of aromatic nitrogens is 3. The molecule has 0 radical (unpaired) electrons. The summed E-state index contributed by atoms with van der Waals surface area (Å²) < 4.78 is 17.0. The number of hydrogen-bond acceptors (Lipinski definition) is 10. The minimum absolute atomic E-state index is 0.171. The molecule has 3 amide bonds. The summed E-state index contributed by atoms with van der Waals surface area (Å²) in [5.41, 5.74) is 7.46. The summed E-state index contributed by atoms with van der Waals surface area (Å²) >= 11 is 0. The molecule has 5 aliphatic rings. The molecule has 9 rings (SSSR count). The lowest BCUT2D eigenvalue weighted by Crippen LogP contribution is -2.52. The number of rotatable bonds is 13. The van der Waals surface area contributed by atoms with Gasteiger partial charge in [-0.3, -0.25) is 24.6 Å². The van der Waals surface area contributed by atoms with Crippen LogP contribution in [0.5, 0.6) is 0 Å². The molecule has 324 valence electrons. The highest BCUT2D eigenvalue weighted by atomic mass is 19.1. The second-order valence-corrected chi connectivity index (χ2v) is 17.9. The van der Waals surface area contributed by atoms with Gasteiger partial charge < -0.3 is 24.7 Å². The molecule has 4 fully saturated rings. The lowest BCUT2D eigenvalue weighted by atomic mass is 9.85. The maximum Gasteiger partial charge on any atom is 0.255 e. The topological polar surface area (TPSA) is 130 Å². The summed E-state index contributed by atoms with van der Waals surface area (Å²) in [6.07, 6.45) is 8.02. The van der Waals surface area contributed by atoms with Gasteiger partial charge in [-0.15, -0.1) is 0 Å². The van der Waals surface area contributed by atoms with Crippen LogP contribution in [0.3, 0.4) is 0 Å². The van der Waals surface area contributed by atoms with Crippen molar-refractivity contribution < 1.29 is 23.9 Å². The number of amides is 3. The average molecular weight is 834 g/mol. The molecule has 4 saturated heterocycles. The number of aryl methyl sites for hydroxylation is 1. The number of imide groups is 1. The maximum atomic E-state index is 14.9. The smallest absolute Gasteiger partial charge is 0.255 e. The zero-order valence-corrected chi connectivity index (χ0v) is 35.5. The number of halogens is 1. The fraction of sp³-hybridized carbons (Fsp3) is 0.553. The Hall–Kier alpha value is -4.76. The molecule has 2 aromatic heterocycles. The van der Waals surface area contributed by atoms with Gasteiger partial charge in [0.1, 0.15) is 17.7 Å². The van der Waals surface area contributed by atoms with Crippen LogP contribution in [0.2, 0.25) is 0 Å². The number of piperidine rings is 3. The van der Waals surface area contributed by atoms with Crippen molar-refractivity contribution >= 4 is 29.2 Å². The van der Waals surface area contributed by atoms with E-state index in [2.05, 4.69) is 72.8 Å². The number of carbonyl (C=O) groups excluding carboxylic acids is 3. The van der Waals surface area contributed by atoms with E-state index in [9.17, 15) is 23.9 Å². The van der Waals surface area contributed by atoms with Crippen molar-refractivity contribution in [1.29, 1.82) is 0 Å². The van der Waals surface area contributed by atoms with Crippen molar-refractivity contribution in [2.75, 3.05) is 83.5 Å². The number of piperazine rings is 1. The first-order chi connectivity index (χ1) is 29.7. The van der Waals surface area contributed by atoms with E-state index >= 15 is 0 Å². The first-order valence-corrected chi connectivity index (χ1v) is 22.7. The summed E-state index contributed by atoms with van der Waals surface area (Å²) in [5.74, 6) is 0.197. The van der Waals surface area contributed by atoms with Crippen molar-refractivity contribution in [2.45, 2.75) is 89.1 Å². The summed E-state index contributed by atoms with van der Waals surface area (Å²) in [4.78, 5) is 54.5. The Kier molecular flexibility index (Phi) is 12.5. The molecular weight excluding hydrogens is 774 g/mol. The molecule has 7 heterocycles. The van der Waals surface area contributed by atoms with E-state index in [-0.39, 0.29) is 37.3 Å². The molecule has 0 bridgehead atoms. The SMILES string of the molecule is Cc1nn2c(N3CCN(CCO)CC3)cc(C3CCN(CCCCCN4CCC(c5cc(F)cc6c5CN(C5CCC(=O)NC5=O)C6=O)CC4)CC3)nc2c1-c1ccccc1. The molecule has 0 saturated carbocycles. The summed E-state index contributed by atoms with van der Waals surface area (Å²) in [5, 5.41) is 16.9. The molecule has 0 aliphatic carbocycles. The standard InChI is InChI=1S/C47H60FN9O4/c1-32-44(35-8-4-2-5-9-35)45-49-40(30-43(57(45)51-32)55-24-22-54(23-25-55)26-27-58)34-14-20-53(21-15-34)17-7-3-6-16-52-18-12-33(13-19-52)37-28-36(48)29-38-39(37)31-56(47(38)61)41-10-11-42(59)50-46(41)60/h2,4-5,8-9,28-30,33-34,41,58H,3,6-7,10-27,31H2,1H3,(H,50,59,60). The van der Waals surface area contributed by atoms with Crippen LogP contribution in [0.4, 0.5) is 10.2 Å². The van der Waals surface area contributed by atoms with E-state index in [1.807, 2.05) is 0 Å². The fourth-order valence-electron chi connectivity index (χ4n) is 10.6. The van der Waals surface area contributed by atoms with E-state index in [0.29, 0.717) is 24.4 Å². The molecule has 5 aliphatic heterocycles. The van der Waals surface area contributed by atoms with Gasteiger partial charge in [-0.1, -0.05) is 36.8 Å². The van der Waals surface area contributed by atoms with Gasteiger partial charge in [0.25, 0.3) is 5.91 Å². The second-order valence-electron chi connectivity index (χ2n) is 17.9. The second kappa shape index (κ2) is 18.3. The molecule has 4 aromatic rings. The van der Waals surface area contributed by atoms with Crippen LogP contribution in [0.15, 0.2) is 48.5 Å². The van der Waals surface area contributed by atoms with Crippen LogP contribution in [0.1, 0.15) is 102 Å². The number of carbonyl (C=O) groups is 3. The van der Waals surface area contributed by atoms with Crippen molar-refractivity contribution in [3.05, 3.63) is 82.4 Å². The van der Waals surface area contributed by atoms with E-state index in [1.165, 1.54) is 29.5 Å². The first-order valence-electron chi connectivity index (χ1n) is 22.7. The molecular formula is C47H60FN9O4. The molecule has 1 unspecified atom stereocenters. The largest absolute Gasteiger partial charge is 0.395 e. The minimum atomic E-state index is -0.702. The number of nitrogens with one attached hydrogen (secondary N) is 1. The van der Waals surface area contributed by atoms with E-state index < -0.39 is 17.8 Å². The summed E-state index contributed by atoms with van der Waals surface area (Å²) in [7, 11) is 0. The van der Waals surface area contributed by atoms with Crippen molar-refractivity contribution in [2.24, 2.45) is 0 Å². The Bertz CT molecular complexity index is 2230. The number of β-amino-alcohol motifs (C(OH)–C–C–N with tert-alkyl or cyclic N) is 1. The van der Waals surface area contributed by atoms with Crippen LogP contribution >= 0.6 is 0 Å². The number of anilines is 1. The summed E-state index contributed by atoms with van der Waals surface area (Å²) in [6.45, 7) is 13.1. The van der Waals surface area contributed by atoms with Gasteiger partial charge in [0.2, 0.25) is 11.8 Å². The number of likely N-dealkylation sites (tertiary alicyclic amines) is 2. The van der Waals surface area contributed by atoms with Gasteiger partial charge in [-0.05, 0) is 126 Å². The first kappa shape index (κ1) is 41.6. The average Bonchev–Trinajstić information content (AvgIpc) is 3.79. The number of benzene rings is 2. The zero-order valence-electron chi connectivity index (χ0n) is 35.5. The van der Waals surface area contributed by atoms with Gasteiger partial charge in [-0.25, -0.2) is 9.37 Å². The Labute approximate surface area is 357 Å². The quantitative estimate of drug-likeness (QED) is 0.141. The summed E-state index contributed by atoms with van der Waals surface area (Å²) in [6, 6.07) is 15.0. The van der Waals surface area contributed by atoms with Crippen LogP contribution in [0, 0.1) is 12.7 Å². The normalized spacial score (nSPS) is 21.5. The van der Waals surface area contributed by atoms with Crippen molar-refractivity contribution in [3.63, 3.8) is 0 Å². The highest BCUT2D eigenvalue weighted by Crippen LogP contribution is 2.39. The number of fused-ring (bicyclic) bond motifs is 2. The predicted molar refractivity (Wildman–Crippen MR) is 232 cm³/mol. The minimum Gasteiger partial charge on any atom is -0.395 e. The number of hydrogen-bond donors (Lipinski definition) is 2. The zero-order chi connectivity index (χ0) is 42.0. The van der Waals surface area contributed by atoms with Crippen LogP contribution < -0.4 is 10.2 Å². The molecule has 2 aromatic carbocycles. The predicted octanol–water partition coefficient (Wildman–Crippen LogP) is 4.95. The van der Waals surface area contributed by atoms with E-state index in [4.69, 9.17) is 10.1 Å². The molecule has 2 N–H and O–H groups in total. The molecule has 1 atom stereocenters. The van der Waals surface area contributed by atoms with Gasteiger partial charge in [0.15, 0.2) is 5.65 Å². The van der Waals surface area contributed by atoms with Crippen molar-refractivity contribution in [3.8, 4) is 11.1 Å². The Morgan fingerprint density at radius 3 is 2.13 bits per heavy atom. The van der Waals surface area contributed by atoms with Crippen LogP contribution in [-0.2, 0) is 16.1 Å². The fourth-order valence-corrected chi connectivity index (χ4v) is 10.6. The monoisotopic (exact) mass is 833 g/mol. The highest BCUT2D eigenvalue weighted by Gasteiger charge is 2.41. The third kappa shape index (κ3) is 8.82. The third-order valence-corrected chi connectivity index (χ3v) is 14.1. The molecule has 61 heavy (non-hydrogen) atoms. The molecule has 14 heteroatoms. The lowest BCUT2D eigenvalue weighted by molar-refractivity contribution is -0.136. The highest BCUT2D eigenvalue weighted by molar-refractivity contribution is 6.05. The van der Waals surface area contributed by atoms with Crippen LogP contribution in [-0.4, -0.2) is 142 Å². The maximum absolute atomic E-state index is 14.9. The number of unbranched alkanes of at least 4 members (excludes halogenated alkanes) is 2. The third-order valence-electron chi connectivity index (χ3n) is 14.1. The Morgan fingerprint density at radius 2 is 1.46 bits per heavy atom. The molecule has 13 nitrogen and oxygen atoms in total. The van der Waals surface area contributed by atoms with E-state index in [1.54, 1.807) is 6.07 Å². The number of aliphatic hydroxyl groups excluding tert-OH is 1. The van der Waals surface area contributed by atoms with Gasteiger partial charge >= 0.3 is 0 Å². The lowest BCUT2D eigenvalue weighted by Gasteiger charge is -2.36. The Balaban J connectivity index is 0.754. The van der Waals surface area contributed by atoms with E-state index in [0.717, 1.165) is 137 Å². The Morgan fingerprint density at radius 1 is 0.787 bits per heavy atom. The van der Waals surface area contributed by atoms with Gasteiger partial charge in [0, 0.05) is 74.5 Å². The van der Waals surface area contributed by atoms with Gasteiger partial charge in [0.05, 0.1) is 12.3 Å². The van der Waals surface area contributed by atoms with Gasteiger partial charge in [-0.2, -0.15) is 9.61 Å². The van der Waals surface area contributed by atoms with Crippen molar-refractivity contribution in [1.82, 2.24) is 39.5 Å².